The van der Waals surface area contributed by atoms with Crippen LogP contribution in [0.1, 0.15) is 45.7 Å². The van der Waals surface area contributed by atoms with Gasteiger partial charge in [-0.2, -0.15) is 0 Å². The van der Waals surface area contributed by atoms with Gasteiger partial charge in [0.15, 0.2) is 0 Å². The molecule has 34 heavy (non-hydrogen) atoms. The van der Waals surface area contributed by atoms with Crippen molar-refractivity contribution in [1.82, 2.24) is 9.97 Å². The van der Waals surface area contributed by atoms with Crippen molar-refractivity contribution in [3.05, 3.63) is 96.3 Å². The summed E-state index contributed by atoms with van der Waals surface area (Å²) in [5, 5.41) is 5.07. The molecule has 0 unspecified atom stereocenters. The van der Waals surface area contributed by atoms with Gasteiger partial charge in [-0.05, 0) is 74.7 Å². The lowest BCUT2D eigenvalue weighted by Gasteiger charge is -2.22. The number of fused-ring (bicyclic) bond motifs is 2. The molecule has 0 radical (unpaired) electrons. The van der Waals surface area contributed by atoms with Gasteiger partial charge in [0.25, 0.3) is 0 Å². The third kappa shape index (κ3) is 4.46. The second-order valence-corrected chi connectivity index (χ2v) is 10.8. The molecule has 0 N–H and O–H groups in total. The first-order valence-corrected chi connectivity index (χ1v) is 12.2. The van der Waals surface area contributed by atoms with E-state index in [2.05, 4.69) is 123 Å². The van der Waals surface area contributed by atoms with Crippen LogP contribution in [0.3, 0.4) is 0 Å². The van der Waals surface area contributed by atoms with Crippen molar-refractivity contribution in [3.8, 4) is 22.5 Å². The molecule has 1 aromatic heterocycles. The fourth-order valence-electron chi connectivity index (χ4n) is 4.80. The Morgan fingerprint density at radius 1 is 0.676 bits per heavy atom. The van der Waals surface area contributed by atoms with Gasteiger partial charge >= 0.3 is 0 Å². The molecule has 0 spiro atoms. The van der Waals surface area contributed by atoms with Gasteiger partial charge in [-0.15, -0.1) is 0 Å². The Morgan fingerprint density at radius 3 is 2.12 bits per heavy atom. The van der Waals surface area contributed by atoms with Crippen LogP contribution in [0.25, 0.3) is 44.1 Å². The highest BCUT2D eigenvalue weighted by molar-refractivity contribution is 5.91. The van der Waals surface area contributed by atoms with E-state index in [1.165, 1.54) is 32.7 Å². The lowest BCUT2D eigenvalue weighted by molar-refractivity contribution is 0.596. The molecule has 0 aliphatic carbocycles. The third-order valence-corrected chi connectivity index (χ3v) is 6.48. The maximum Gasteiger partial charge on any atom is 0.116 e. The van der Waals surface area contributed by atoms with E-state index in [9.17, 15) is 0 Å². The summed E-state index contributed by atoms with van der Waals surface area (Å²) in [6.07, 6.45) is 2.79. The predicted molar refractivity (Wildman–Crippen MR) is 145 cm³/mol. The minimum atomic E-state index is 0.0399. The maximum atomic E-state index is 4.66. The molecule has 2 nitrogen and oxygen atoms in total. The van der Waals surface area contributed by atoms with Crippen LogP contribution in [0.5, 0.6) is 0 Å². The average molecular weight is 445 g/mol. The molecule has 0 saturated heterocycles. The summed E-state index contributed by atoms with van der Waals surface area (Å²) in [7, 11) is 0. The van der Waals surface area contributed by atoms with Crippen molar-refractivity contribution >= 4 is 21.5 Å². The van der Waals surface area contributed by atoms with Crippen molar-refractivity contribution in [2.75, 3.05) is 0 Å². The fourth-order valence-corrected chi connectivity index (χ4v) is 4.80. The number of hydrogen-bond donors (Lipinski definition) is 0. The number of nitrogens with zero attached hydrogens (tertiary/aromatic N) is 2. The molecule has 0 fully saturated rings. The Bertz CT molecular complexity index is 1490. The Kier molecular flexibility index (Phi) is 5.69. The number of aromatic nitrogens is 2. The molecular formula is C32H32N2. The molecular weight excluding hydrogens is 412 g/mol. The van der Waals surface area contributed by atoms with E-state index in [4.69, 9.17) is 0 Å². The van der Waals surface area contributed by atoms with Crippen LogP contribution in [0, 0.1) is 5.92 Å². The van der Waals surface area contributed by atoms with Crippen LogP contribution in [0.4, 0.5) is 0 Å². The van der Waals surface area contributed by atoms with Gasteiger partial charge in [0, 0.05) is 11.1 Å². The van der Waals surface area contributed by atoms with E-state index >= 15 is 0 Å². The zero-order valence-electron chi connectivity index (χ0n) is 20.8. The van der Waals surface area contributed by atoms with Crippen molar-refractivity contribution < 1.29 is 0 Å². The molecule has 0 aliphatic rings. The Morgan fingerprint density at radius 2 is 1.35 bits per heavy atom. The molecule has 1 heterocycles. The third-order valence-electron chi connectivity index (χ3n) is 6.48. The highest BCUT2D eigenvalue weighted by Gasteiger charge is 2.19. The van der Waals surface area contributed by atoms with Crippen molar-refractivity contribution in [2.45, 2.75) is 46.5 Å². The summed E-state index contributed by atoms with van der Waals surface area (Å²) in [6.45, 7) is 11.3. The average Bonchev–Trinajstić information content (AvgIpc) is 2.82. The summed E-state index contributed by atoms with van der Waals surface area (Å²) in [6, 6.07) is 28.7. The zero-order valence-corrected chi connectivity index (χ0v) is 20.8. The first-order chi connectivity index (χ1) is 16.3. The van der Waals surface area contributed by atoms with Crippen LogP contribution < -0.4 is 0 Å². The van der Waals surface area contributed by atoms with E-state index in [1.54, 1.807) is 6.33 Å². The molecule has 0 saturated carbocycles. The number of benzene rings is 4. The quantitative estimate of drug-likeness (QED) is 0.277. The van der Waals surface area contributed by atoms with Crippen LogP contribution in [-0.2, 0) is 11.8 Å². The summed E-state index contributed by atoms with van der Waals surface area (Å²) in [5.41, 5.74) is 6.92. The Balaban J connectivity index is 1.57. The maximum absolute atomic E-state index is 4.66. The van der Waals surface area contributed by atoms with Gasteiger partial charge in [-0.1, -0.05) is 89.2 Å². The monoisotopic (exact) mass is 444 g/mol. The molecule has 0 atom stereocenters. The van der Waals surface area contributed by atoms with Gasteiger partial charge in [-0.25, -0.2) is 9.97 Å². The van der Waals surface area contributed by atoms with Crippen LogP contribution >= 0.6 is 0 Å². The summed E-state index contributed by atoms with van der Waals surface area (Å²) < 4.78 is 0. The minimum absolute atomic E-state index is 0.0399. The second-order valence-electron chi connectivity index (χ2n) is 10.8. The Labute approximate surface area is 202 Å². The summed E-state index contributed by atoms with van der Waals surface area (Å²) >= 11 is 0. The predicted octanol–water partition coefficient (Wildman–Crippen LogP) is 8.61. The fraction of sp³-hybridized carbons (Fsp3) is 0.250. The summed E-state index contributed by atoms with van der Waals surface area (Å²) in [5.74, 6) is 0.657. The van der Waals surface area contributed by atoms with E-state index in [0.29, 0.717) is 5.92 Å². The van der Waals surface area contributed by atoms with Gasteiger partial charge < -0.3 is 0 Å². The van der Waals surface area contributed by atoms with Gasteiger partial charge in [0.1, 0.15) is 6.33 Å². The molecule has 0 aliphatic heterocycles. The molecule has 2 heteroatoms. The zero-order chi connectivity index (χ0) is 23.9. The van der Waals surface area contributed by atoms with Gasteiger partial charge in [0.2, 0.25) is 0 Å². The van der Waals surface area contributed by atoms with E-state index in [1.807, 2.05) is 0 Å². The smallest absolute Gasteiger partial charge is 0.116 e. The van der Waals surface area contributed by atoms with Gasteiger partial charge in [0.05, 0.1) is 11.4 Å². The van der Waals surface area contributed by atoms with E-state index in [-0.39, 0.29) is 5.41 Å². The largest absolute Gasteiger partial charge is 0.236 e. The summed E-state index contributed by atoms with van der Waals surface area (Å²) in [4.78, 5) is 9.28. The molecule has 0 bridgehead atoms. The molecule has 170 valence electrons. The van der Waals surface area contributed by atoms with E-state index < -0.39 is 0 Å². The highest BCUT2D eigenvalue weighted by atomic mass is 14.8. The first kappa shape index (κ1) is 22.3. The standard InChI is InChI=1S/C32H32N2/c1-21(2)14-22-10-11-24-16-26(13-12-23(24)15-22)30-19-31(34-20-33-30)27-17-25-8-6-7-9-28(25)29(18-27)32(3,4)5/h6-13,15-21H,14H2,1-5H3. The SMILES string of the molecule is CC(C)Cc1ccc2cc(-c3cc(-c4cc(C(C)(C)C)c5ccccc5c4)ncn3)ccc2c1. The Hall–Kier alpha value is -3.52. The number of rotatable bonds is 4. The minimum Gasteiger partial charge on any atom is -0.236 e. The molecule has 5 aromatic rings. The first-order valence-electron chi connectivity index (χ1n) is 12.2. The van der Waals surface area contributed by atoms with Crippen LogP contribution in [-0.4, -0.2) is 9.97 Å². The molecule has 5 rings (SSSR count). The number of hydrogen-bond acceptors (Lipinski definition) is 2. The molecule has 4 aromatic carbocycles. The normalized spacial score (nSPS) is 12.1. The lowest BCUT2D eigenvalue weighted by Crippen LogP contribution is -2.12. The van der Waals surface area contributed by atoms with Crippen LogP contribution in [0.2, 0.25) is 0 Å². The van der Waals surface area contributed by atoms with Crippen molar-refractivity contribution in [2.24, 2.45) is 5.92 Å². The van der Waals surface area contributed by atoms with Crippen molar-refractivity contribution in [3.63, 3.8) is 0 Å². The highest BCUT2D eigenvalue weighted by Crippen LogP contribution is 2.35. The topological polar surface area (TPSA) is 25.8 Å². The van der Waals surface area contributed by atoms with Crippen LogP contribution in [0.15, 0.2) is 85.2 Å². The van der Waals surface area contributed by atoms with Crippen molar-refractivity contribution in [1.29, 1.82) is 0 Å². The molecule has 0 amide bonds. The van der Waals surface area contributed by atoms with Gasteiger partial charge in [-0.3, -0.25) is 0 Å². The van der Waals surface area contributed by atoms with E-state index in [0.717, 1.165) is 28.9 Å². The second kappa shape index (κ2) is 8.68. The lowest BCUT2D eigenvalue weighted by atomic mass is 9.82.